The summed E-state index contributed by atoms with van der Waals surface area (Å²) in [4.78, 5) is 4.58. The van der Waals surface area contributed by atoms with Crippen molar-refractivity contribution in [1.29, 1.82) is 0 Å². The molecule has 0 radical (unpaired) electrons. The molecule has 1 N–H and O–H groups in total. The van der Waals surface area contributed by atoms with Gasteiger partial charge < -0.3 is 5.32 Å². The Hall–Kier alpha value is -0.180. The van der Waals surface area contributed by atoms with Gasteiger partial charge in [0.2, 0.25) is 0 Å². The highest BCUT2D eigenvalue weighted by Gasteiger charge is 2.36. The van der Waals surface area contributed by atoms with E-state index in [1.165, 1.54) is 18.0 Å². The second kappa shape index (κ2) is 3.76. The third-order valence-corrected chi connectivity index (χ3v) is 4.45. The second-order valence-electron chi connectivity index (χ2n) is 5.00. The minimum absolute atomic E-state index is 0.199. The van der Waals surface area contributed by atoms with Crippen molar-refractivity contribution in [3.8, 4) is 0 Å². The van der Waals surface area contributed by atoms with E-state index in [0.29, 0.717) is 0 Å². The summed E-state index contributed by atoms with van der Waals surface area (Å²) in [5.41, 5.74) is 0.199. The van der Waals surface area contributed by atoms with Crippen LogP contribution in [-0.2, 0) is 0 Å². The standard InChI is InChI=1S/C11H20N2S/c1-4-11(2,3)13-10-12-7-9(14-10)8-5-6-8/h8-9H,4-7H2,1-3H3,(H,12,13). The molecular weight excluding hydrogens is 192 g/mol. The molecule has 1 fully saturated rings. The molecule has 1 saturated carbocycles. The number of nitrogens with zero attached hydrogens (tertiary/aromatic N) is 1. The van der Waals surface area contributed by atoms with Gasteiger partial charge >= 0.3 is 0 Å². The number of hydrogen-bond donors (Lipinski definition) is 1. The molecule has 2 aliphatic rings. The number of hydrogen-bond acceptors (Lipinski definition) is 3. The van der Waals surface area contributed by atoms with Crippen LogP contribution in [0.25, 0.3) is 0 Å². The van der Waals surface area contributed by atoms with Crippen LogP contribution in [-0.4, -0.2) is 22.5 Å². The Morgan fingerprint density at radius 1 is 1.50 bits per heavy atom. The molecule has 2 nitrogen and oxygen atoms in total. The molecule has 3 heteroatoms. The first kappa shape index (κ1) is 10.3. The first-order valence-electron chi connectivity index (χ1n) is 5.60. The van der Waals surface area contributed by atoms with Crippen LogP contribution in [0.4, 0.5) is 0 Å². The van der Waals surface area contributed by atoms with E-state index in [1.807, 2.05) is 11.8 Å². The largest absolute Gasteiger partial charge is 0.360 e. The van der Waals surface area contributed by atoms with E-state index in [0.717, 1.165) is 24.1 Å². The minimum Gasteiger partial charge on any atom is -0.360 e. The van der Waals surface area contributed by atoms with Gasteiger partial charge in [0.05, 0.1) is 6.54 Å². The van der Waals surface area contributed by atoms with Crippen LogP contribution < -0.4 is 5.32 Å². The third-order valence-electron chi connectivity index (χ3n) is 3.15. The molecule has 2 rings (SSSR count). The Morgan fingerprint density at radius 2 is 2.21 bits per heavy atom. The van der Waals surface area contributed by atoms with Gasteiger partial charge in [0.15, 0.2) is 5.17 Å². The van der Waals surface area contributed by atoms with Crippen molar-refractivity contribution in [2.45, 2.75) is 50.8 Å². The zero-order valence-electron chi connectivity index (χ0n) is 9.34. The van der Waals surface area contributed by atoms with Gasteiger partial charge in [-0.25, -0.2) is 0 Å². The number of rotatable bonds is 3. The Morgan fingerprint density at radius 3 is 2.79 bits per heavy atom. The average Bonchev–Trinajstić information content (AvgIpc) is 2.89. The smallest absolute Gasteiger partial charge is 0.157 e. The molecule has 1 aliphatic carbocycles. The zero-order valence-corrected chi connectivity index (χ0v) is 10.2. The predicted molar refractivity (Wildman–Crippen MR) is 63.9 cm³/mol. The molecule has 0 amide bonds. The lowest BCUT2D eigenvalue weighted by Crippen LogP contribution is -2.41. The van der Waals surface area contributed by atoms with Crippen LogP contribution in [0.5, 0.6) is 0 Å². The van der Waals surface area contributed by atoms with Crippen molar-refractivity contribution in [3.05, 3.63) is 0 Å². The van der Waals surface area contributed by atoms with E-state index in [4.69, 9.17) is 0 Å². The fourth-order valence-electron chi connectivity index (χ4n) is 1.55. The third kappa shape index (κ3) is 2.44. The summed E-state index contributed by atoms with van der Waals surface area (Å²) in [7, 11) is 0. The maximum atomic E-state index is 4.58. The average molecular weight is 212 g/mol. The lowest BCUT2D eigenvalue weighted by Gasteiger charge is -2.25. The van der Waals surface area contributed by atoms with Gasteiger partial charge in [-0.15, -0.1) is 0 Å². The van der Waals surface area contributed by atoms with Crippen molar-refractivity contribution in [3.63, 3.8) is 0 Å². The predicted octanol–water partition coefficient (Wildman–Crippen LogP) is 2.65. The number of thioether (sulfide) groups is 1. The van der Waals surface area contributed by atoms with Crippen molar-refractivity contribution < 1.29 is 0 Å². The van der Waals surface area contributed by atoms with Crippen LogP contribution >= 0.6 is 11.8 Å². The minimum atomic E-state index is 0.199. The molecule has 1 atom stereocenters. The molecule has 1 unspecified atom stereocenters. The molecule has 1 heterocycles. The number of aliphatic imine (C=N–C) groups is 1. The highest BCUT2D eigenvalue weighted by Crippen LogP contribution is 2.41. The quantitative estimate of drug-likeness (QED) is 0.778. The van der Waals surface area contributed by atoms with Crippen molar-refractivity contribution in [2.75, 3.05) is 6.54 Å². The molecule has 0 aromatic carbocycles. The van der Waals surface area contributed by atoms with Crippen LogP contribution in [0.1, 0.15) is 40.0 Å². The summed E-state index contributed by atoms with van der Waals surface area (Å²) in [6, 6.07) is 0. The summed E-state index contributed by atoms with van der Waals surface area (Å²) in [6.07, 6.45) is 4.00. The lowest BCUT2D eigenvalue weighted by atomic mass is 10.0. The van der Waals surface area contributed by atoms with E-state index in [-0.39, 0.29) is 5.54 Å². The summed E-state index contributed by atoms with van der Waals surface area (Å²) >= 11 is 1.96. The number of nitrogens with one attached hydrogen (secondary N) is 1. The normalized spacial score (nSPS) is 27.6. The van der Waals surface area contributed by atoms with Gasteiger partial charge in [0, 0.05) is 10.8 Å². The number of amidine groups is 1. The molecule has 1 aliphatic heterocycles. The summed E-state index contributed by atoms with van der Waals surface area (Å²) < 4.78 is 0. The molecule has 80 valence electrons. The van der Waals surface area contributed by atoms with Crippen molar-refractivity contribution >= 4 is 16.9 Å². The molecule has 0 saturated heterocycles. The van der Waals surface area contributed by atoms with Gasteiger partial charge in [-0.1, -0.05) is 18.7 Å². The zero-order chi connectivity index (χ0) is 10.2. The molecule has 0 spiro atoms. The Kier molecular flexibility index (Phi) is 2.78. The highest BCUT2D eigenvalue weighted by molar-refractivity contribution is 8.14. The van der Waals surface area contributed by atoms with E-state index >= 15 is 0 Å². The SMILES string of the molecule is CCC(C)(C)NC1=NCC(C2CC2)S1. The van der Waals surface area contributed by atoms with Gasteiger partial charge in [-0.3, -0.25) is 4.99 Å². The van der Waals surface area contributed by atoms with E-state index in [9.17, 15) is 0 Å². The topological polar surface area (TPSA) is 24.4 Å². The molecule has 0 bridgehead atoms. The summed E-state index contributed by atoms with van der Waals surface area (Å²) in [6.45, 7) is 7.73. The lowest BCUT2D eigenvalue weighted by molar-refractivity contribution is 0.448. The Bertz CT molecular complexity index is 244. The van der Waals surface area contributed by atoms with Crippen LogP contribution in [0, 0.1) is 5.92 Å². The van der Waals surface area contributed by atoms with E-state index in [2.05, 4.69) is 31.1 Å². The van der Waals surface area contributed by atoms with Gasteiger partial charge in [-0.05, 0) is 39.0 Å². The highest BCUT2D eigenvalue weighted by atomic mass is 32.2. The van der Waals surface area contributed by atoms with Crippen LogP contribution in [0.15, 0.2) is 4.99 Å². The second-order valence-corrected chi connectivity index (χ2v) is 6.23. The summed E-state index contributed by atoms with van der Waals surface area (Å²) in [5.74, 6) is 0.966. The summed E-state index contributed by atoms with van der Waals surface area (Å²) in [5, 5.41) is 5.49. The Labute approximate surface area is 90.9 Å². The maximum Gasteiger partial charge on any atom is 0.157 e. The molecule has 14 heavy (non-hydrogen) atoms. The maximum absolute atomic E-state index is 4.58. The van der Waals surface area contributed by atoms with Gasteiger partial charge in [0.25, 0.3) is 0 Å². The van der Waals surface area contributed by atoms with Crippen molar-refractivity contribution in [1.82, 2.24) is 5.32 Å². The molecule has 0 aromatic heterocycles. The first-order chi connectivity index (χ1) is 6.61. The van der Waals surface area contributed by atoms with Crippen molar-refractivity contribution in [2.24, 2.45) is 10.9 Å². The van der Waals surface area contributed by atoms with Gasteiger partial charge in [-0.2, -0.15) is 0 Å². The van der Waals surface area contributed by atoms with Crippen LogP contribution in [0.3, 0.4) is 0 Å². The fourth-order valence-corrected chi connectivity index (χ4v) is 2.94. The van der Waals surface area contributed by atoms with Gasteiger partial charge in [0.1, 0.15) is 0 Å². The van der Waals surface area contributed by atoms with E-state index in [1.54, 1.807) is 0 Å². The molecular formula is C11H20N2S. The first-order valence-corrected chi connectivity index (χ1v) is 6.48. The molecule has 0 aromatic rings. The van der Waals surface area contributed by atoms with Crippen LogP contribution in [0.2, 0.25) is 0 Å². The van der Waals surface area contributed by atoms with E-state index < -0.39 is 0 Å². The fraction of sp³-hybridized carbons (Fsp3) is 0.909. The Balaban J connectivity index is 1.82. The monoisotopic (exact) mass is 212 g/mol.